The lowest BCUT2D eigenvalue weighted by Gasteiger charge is -2.45. The van der Waals surface area contributed by atoms with Gasteiger partial charge in [0.2, 0.25) is 5.91 Å². The first-order valence-electron chi connectivity index (χ1n) is 13.1. The average molecular weight is 493 g/mol. The van der Waals surface area contributed by atoms with Crippen LogP contribution in [0.25, 0.3) is 16.8 Å². The van der Waals surface area contributed by atoms with Crippen molar-refractivity contribution < 1.29 is 19.4 Å². The second-order valence-electron chi connectivity index (χ2n) is 11.1. The Morgan fingerprint density at radius 1 is 1.17 bits per heavy atom. The Kier molecular flexibility index (Phi) is 6.03. The van der Waals surface area contributed by atoms with Gasteiger partial charge in [-0.15, -0.1) is 0 Å². The lowest BCUT2D eigenvalue weighted by Crippen LogP contribution is -2.60. The molecule has 192 valence electrons. The second kappa shape index (κ2) is 9.10. The van der Waals surface area contributed by atoms with Crippen LogP contribution in [0.5, 0.6) is 0 Å². The molecule has 0 radical (unpaired) electrons. The van der Waals surface area contributed by atoms with E-state index in [2.05, 4.69) is 45.7 Å². The predicted octanol–water partition coefficient (Wildman–Crippen LogP) is 2.90. The number of hydrogen-bond donors (Lipinski definition) is 2. The third-order valence-electron chi connectivity index (χ3n) is 9.06. The van der Waals surface area contributed by atoms with Gasteiger partial charge in [0, 0.05) is 62.6 Å². The van der Waals surface area contributed by atoms with E-state index in [1.54, 1.807) is 0 Å². The van der Waals surface area contributed by atoms with E-state index in [0.717, 1.165) is 80.7 Å². The van der Waals surface area contributed by atoms with Crippen molar-refractivity contribution in [2.45, 2.75) is 37.8 Å². The summed E-state index contributed by atoms with van der Waals surface area (Å²) in [6.07, 6.45) is 6.18. The van der Waals surface area contributed by atoms with Crippen molar-refractivity contribution in [3.63, 3.8) is 0 Å². The number of carbonyl (C=O) groups is 1. The fourth-order valence-corrected chi connectivity index (χ4v) is 6.38. The van der Waals surface area contributed by atoms with Crippen LogP contribution < -0.4 is 10.2 Å². The van der Waals surface area contributed by atoms with E-state index in [9.17, 15) is 9.90 Å². The molecule has 0 bridgehead atoms. The van der Waals surface area contributed by atoms with Crippen molar-refractivity contribution in [1.82, 2.24) is 9.88 Å². The predicted molar refractivity (Wildman–Crippen MR) is 140 cm³/mol. The van der Waals surface area contributed by atoms with E-state index >= 15 is 0 Å². The molecule has 3 atom stereocenters. The summed E-state index contributed by atoms with van der Waals surface area (Å²) in [5.41, 5.74) is 2.03. The molecule has 4 fully saturated rings. The van der Waals surface area contributed by atoms with Crippen LogP contribution in [0.2, 0.25) is 0 Å². The summed E-state index contributed by atoms with van der Waals surface area (Å²) in [6.45, 7) is 12.1. The maximum Gasteiger partial charge on any atom is 0.229 e. The summed E-state index contributed by atoms with van der Waals surface area (Å²) in [6, 6.07) is 6.29. The molecule has 2 N–H and O–H groups in total. The summed E-state index contributed by atoms with van der Waals surface area (Å²) in [5.74, 6) is 0.751. The number of nitrogens with one attached hydrogen (secondary N) is 1. The molecule has 1 aliphatic carbocycles. The highest BCUT2D eigenvalue weighted by Gasteiger charge is 2.58. The van der Waals surface area contributed by atoms with Crippen LogP contribution >= 0.6 is 0 Å². The van der Waals surface area contributed by atoms with E-state index in [1.165, 1.54) is 0 Å². The summed E-state index contributed by atoms with van der Waals surface area (Å²) >= 11 is 0. The standard InChI is InChI=1S/C28H36N4O4/c1-3-19-12-21-16-29-25(30-26(34)22-15-28(22)4-10-35-11-5-28)14-20(21)13-23(19)31-6-8-32(9-7-31)27(2)18-36-17-24(27)33/h3,12-14,16,22,24,33H,1,4-11,15,17-18H2,2H3,(H,29,30,34)/t22-,24+,27-/m1/s1. The molecule has 3 aliphatic heterocycles. The summed E-state index contributed by atoms with van der Waals surface area (Å²) in [4.78, 5) is 22.2. The fourth-order valence-electron chi connectivity index (χ4n) is 6.38. The van der Waals surface area contributed by atoms with Gasteiger partial charge in [0.25, 0.3) is 0 Å². The molecule has 1 aromatic heterocycles. The Morgan fingerprint density at radius 2 is 1.94 bits per heavy atom. The molecule has 8 heteroatoms. The van der Waals surface area contributed by atoms with Gasteiger partial charge in [0.1, 0.15) is 5.82 Å². The molecule has 4 heterocycles. The van der Waals surface area contributed by atoms with Crippen molar-refractivity contribution in [3.05, 3.63) is 36.5 Å². The molecular formula is C28H36N4O4. The summed E-state index contributed by atoms with van der Waals surface area (Å²) < 4.78 is 11.0. The minimum atomic E-state index is -0.452. The van der Waals surface area contributed by atoms with Crippen molar-refractivity contribution in [1.29, 1.82) is 0 Å². The summed E-state index contributed by atoms with van der Waals surface area (Å²) in [7, 11) is 0. The molecule has 3 saturated heterocycles. The molecule has 36 heavy (non-hydrogen) atoms. The smallest absolute Gasteiger partial charge is 0.229 e. The monoisotopic (exact) mass is 492 g/mol. The second-order valence-corrected chi connectivity index (χ2v) is 11.1. The van der Waals surface area contributed by atoms with Crippen LogP contribution in [-0.4, -0.2) is 85.1 Å². The van der Waals surface area contributed by atoms with Gasteiger partial charge in [0.15, 0.2) is 0 Å². The largest absolute Gasteiger partial charge is 0.389 e. The van der Waals surface area contributed by atoms with Gasteiger partial charge < -0.3 is 24.8 Å². The molecule has 1 spiro atoms. The van der Waals surface area contributed by atoms with Crippen LogP contribution in [0.1, 0.15) is 31.7 Å². The third kappa shape index (κ3) is 4.10. The molecule has 2 aromatic rings. The zero-order valence-corrected chi connectivity index (χ0v) is 21.0. The number of ether oxygens (including phenoxy) is 2. The first-order chi connectivity index (χ1) is 17.4. The number of carbonyl (C=O) groups excluding carboxylic acids is 1. The SMILES string of the molecule is C=Cc1cc2cnc(NC(=O)[C@H]3CC34CCOCC4)cc2cc1N1CCN([C@]2(C)COC[C@@H]2O)CC1. The Balaban J connectivity index is 1.18. The molecule has 1 aromatic carbocycles. The van der Waals surface area contributed by atoms with E-state index in [0.29, 0.717) is 19.0 Å². The van der Waals surface area contributed by atoms with Crippen LogP contribution in [0, 0.1) is 11.3 Å². The molecule has 6 rings (SSSR count). The van der Waals surface area contributed by atoms with Gasteiger partial charge >= 0.3 is 0 Å². The number of benzene rings is 1. The van der Waals surface area contributed by atoms with Crippen molar-refractivity contribution >= 4 is 34.3 Å². The van der Waals surface area contributed by atoms with Gasteiger partial charge in [-0.25, -0.2) is 4.98 Å². The highest BCUT2D eigenvalue weighted by molar-refractivity contribution is 5.97. The normalized spacial score (nSPS) is 30.0. The van der Waals surface area contributed by atoms with E-state index in [1.807, 2.05) is 18.3 Å². The molecule has 1 amide bonds. The van der Waals surface area contributed by atoms with Crippen LogP contribution in [0.15, 0.2) is 31.0 Å². The first-order valence-corrected chi connectivity index (χ1v) is 13.1. The number of aliphatic hydroxyl groups is 1. The molecular weight excluding hydrogens is 456 g/mol. The maximum absolute atomic E-state index is 12.9. The maximum atomic E-state index is 12.9. The number of piperazine rings is 1. The number of aliphatic hydroxyl groups excluding tert-OH is 1. The number of hydrogen-bond acceptors (Lipinski definition) is 7. The fraction of sp³-hybridized carbons (Fsp3) is 0.571. The number of aromatic nitrogens is 1. The van der Waals surface area contributed by atoms with E-state index < -0.39 is 6.10 Å². The van der Waals surface area contributed by atoms with Crippen molar-refractivity contribution in [3.8, 4) is 0 Å². The minimum Gasteiger partial charge on any atom is -0.389 e. The minimum absolute atomic E-state index is 0.0690. The van der Waals surface area contributed by atoms with Gasteiger partial charge in [-0.1, -0.05) is 12.7 Å². The van der Waals surface area contributed by atoms with Crippen LogP contribution in [0.3, 0.4) is 0 Å². The molecule has 1 saturated carbocycles. The Labute approximate surface area is 212 Å². The number of fused-ring (bicyclic) bond motifs is 1. The lowest BCUT2D eigenvalue weighted by atomic mass is 9.93. The van der Waals surface area contributed by atoms with Crippen molar-refractivity contribution in [2.75, 3.05) is 62.8 Å². The van der Waals surface area contributed by atoms with Crippen LogP contribution in [-0.2, 0) is 14.3 Å². The number of nitrogens with zero attached hydrogens (tertiary/aromatic N) is 3. The van der Waals surface area contributed by atoms with E-state index in [4.69, 9.17) is 9.47 Å². The molecule has 0 unspecified atom stereocenters. The Morgan fingerprint density at radius 3 is 2.64 bits per heavy atom. The number of amides is 1. The third-order valence-corrected chi connectivity index (χ3v) is 9.06. The van der Waals surface area contributed by atoms with Crippen molar-refractivity contribution in [2.24, 2.45) is 11.3 Å². The Hall–Kier alpha value is -2.52. The number of rotatable bonds is 5. The van der Waals surface area contributed by atoms with E-state index in [-0.39, 0.29) is 22.8 Å². The average Bonchev–Trinajstić information content (AvgIpc) is 3.48. The topological polar surface area (TPSA) is 87.2 Å². The first kappa shape index (κ1) is 23.9. The molecule has 8 nitrogen and oxygen atoms in total. The summed E-state index contributed by atoms with van der Waals surface area (Å²) in [5, 5.41) is 15.6. The number of pyridine rings is 1. The van der Waals surface area contributed by atoms with Crippen LogP contribution in [0.4, 0.5) is 11.5 Å². The lowest BCUT2D eigenvalue weighted by molar-refractivity contribution is -0.118. The Bertz CT molecular complexity index is 1170. The van der Waals surface area contributed by atoms with Gasteiger partial charge in [-0.2, -0.15) is 0 Å². The quantitative estimate of drug-likeness (QED) is 0.664. The molecule has 4 aliphatic rings. The highest BCUT2D eigenvalue weighted by Crippen LogP contribution is 2.59. The zero-order chi connectivity index (χ0) is 24.9. The van der Waals surface area contributed by atoms with Gasteiger partial charge in [-0.05, 0) is 60.7 Å². The van der Waals surface area contributed by atoms with Gasteiger partial charge in [0.05, 0.1) is 24.9 Å². The van der Waals surface area contributed by atoms with Gasteiger partial charge in [-0.3, -0.25) is 9.69 Å². The highest BCUT2D eigenvalue weighted by atomic mass is 16.5. The number of anilines is 2. The zero-order valence-electron chi connectivity index (χ0n) is 21.0.